The number of carbonyl (C=O) groups excluding carboxylic acids is 2. The summed E-state index contributed by atoms with van der Waals surface area (Å²) < 4.78 is 5.01. The van der Waals surface area contributed by atoms with Crippen LogP contribution in [-0.4, -0.2) is 43.5 Å². The number of esters is 1. The van der Waals surface area contributed by atoms with Crippen molar-refractivity contribution in [2.45, 2.75) is 64.5 Å². The summed E-state index contributed by atoms with van der Waals surface area (Å²) in [7, 11) is 3.54. The minimum atomic E-state index is -0.749. The molecular formula is C32H40N2O3S. The molecule has 1 atom stereocenters. The molecule has 38 heavy (non-hydrogen) atoms. The third-order valence-corrected chi connectivity index (χ3v) is 8.54. The number of hydrogen-bond donors (Lipinski definition) is 1. The summed E-state index contributed by atoms with van der Waals surface area (Å²) in [5.74, 6) is 0.143. The zero-order valence-corrected chi connectivity index (χ0v) is 23.7. The third kappa shape index (κ3) is 7.55. The van der Waals surface area contributed by atoms with Crippen LogP contribution < -0.4 is 5.32 Å². The molecule has 3 aromatic rings. The van der Waals surface area contributed by atoms with Crippen LogP contribution in [0.5, 0.6) is 0 Å². The predicted molar refractivity (Wildman–Crippen MR) is 155 cm³/mol. The van der Waals surface area contributed by atoms with Crippen molar-refractivity contribution < 1.29 is 14.3 Å². The smallest absolute Gasteiger partial charge is 0.328 e. The quantitative estimate of drug-likeness (QED) is 0.281. The van der Waals surface area contributed by atoms with Gasteiger partial charge >= 0.3 is 5.97 Å². The highest BCUT2D eigenvalue weighted by atomic mass is 32.1. The van der Waals surface area contributed by atoms with E-state index in [1.807, 2.05) is 41.8 Å². The van der Waals surface area contributed by atoms with E-state index >= 15 is 0 Å². The number of nitrogens with one attached hydrogen (secondary N) is 1. The summed E-state index contributed by atoms with van der Waals surface area (Å²) in [6.07, 6.45) is 8.54. The van der Waals surface area contributed by atoms with Crippen LogP contribution in [0.3, 0.4) is 0 Å². The molecule has 1 heterocycles. The number of carbonyl (C=O) groups is 2. The second-order valence-electron chi connectivity index (χ2n) is 10.6. The molecule has 0 radical (unpaired) electrons. The lowest BCUT2D eigenvalue weighted by Crippen LogP contribution is -2.43. The van der Waals surface area contributed by atoms with Crippen LogP contribution in [0.15, 0.2) is 60.0 Å². The Kier molecular flexibility index (Phi) is 10.1. The monoisotopic (exact) mass is 532 g/mol. The maximum absolute atomic E-state index is 13.6. The van der Waals surface area contributed by atoms with E-state index in [1.54, 1.807) is 11.3 Å². The lowest BCUT2D eigenvalue weighted by atomic mass is 9.87. The predicted octanol–water partition coefficient (Wildman–Crippen LogP) is 6.64. The minimum absolute atomic E-state index is 0.271. The van der Waals surface area contributed by atoms with Gasteiger partial charge in [0.2, 0.25) is 0 Å². The third-order valence-electron chi connectivity index (χ3n) is 7.64. The van der Waals surface area contributed by atoms with Crippen LogP contribution >= 0.6 is 11.3 Å². The Labute approximate surface area is 231 Å². The Bertz CT molecular complexity index is 1200. The van der Waals surface area contributed by atoms with E-state index in [0.29, 0.717) is 12.0 Å². The number of aryl methyl sites for hydroxylation is 1. The number of nitrogens with zero attached hydrogens (tertiary/aromatic N) is 1. The lowest BCUT2D eigenvalue weighted by Gasteiger charge is -2.25. The second kappa shape index (κ2) is 13.7. The first-order valence-corrected chi connectivity index (χ1v) is 14.6. The van der Waals surface area contributed by atoms with Crippen molar-refractivity contribution in [2.24, 2.45) is 5.92 Å². The van der Waals surface area contributed by atoms with E-state index in [1.165, 1.54) is 51.2 Å². The normalized spacial score (nSPS) is 14.8. The summed E-state index contributed by atoms with van der Waals surface area (Å²) >= 11 is 1.56. The van der Waals surface area contributed by atoms with E-state index in [2.05, 4.69) is 42.4 Å². The first-order chi connectivity index (χ1) is 18.4. The largest absolute Gasteiger partial charge is 0.467 e. The van der Waals surface area contributed by atoms with E-state index in [9.17, 15) is 9.59 Å². The molecule has 1 N–H and O–H groups in total. The van der Waals surface area contributed by atoms with Gasteiger partial charge in [-0.2, -0.15) is 0 Å². The van der Waals surface area contributed by atoms with Crippen LogP contribution in [0.4, 0.5) is 0 Å². The van der Waals surface area contributed by atoms with Gasteiger partial charge in [-0.15, -0.1) is 11.3 Å². The number of ether oxygens (including phenoxy) is 1. The van der Waals surface area contributed by atoms with Gasteiger partial charge < -0.3 is 15.0 Å². The number of hydrogen-bond acceptors (Lipinski definition) is 5. The van der Waals surface area contributed by atoms with Gasteiger partial charge in [0.15, 0.2) is 0 Å². The van der Waals surface area contributed by atoms with Crippen molar-refractivity contribution in [1.29, 1.82) is 0 Å². The number of rotatable bonds is 11. The van der Waals surface area contributed by atoms with Gasteiger partial charge in [-0.1, -0.05) is 68.5 Å². The fourth-order valence-electron chi connectivity index (χ4n) is 5.46. The summed E-state index contributed by atoms with van der Waals surface area (Å²) in [6, 6.07) is 17.4. The van der Waals surface area contributed by atoms with Crippen molar-refractivity contribution in [3.05, 3.63) is 81.5 Å². The van der Waals surface area contributed by atoms with Gasteiger partial charge in [0.25, 0.3) is 5.91 Å². The Morgan fingerprint density at radius 3 is 2.55 bits per heavy atom. The van der Waals surface area contributed by atoms with Crippen LogP contribution in [0.2, 0.25) is 0 Å². The molecule has 0 bridgehead atoms. The molecule has 202 valence electrons. The SMILES string of the molecule is COC(=O)[C@H](Cc1cccs1)NC(=O)c1ccc(CN(C)CCC2CCCCC2)cc1-c1ccccc1C. The maximum Gasteiger partial charge on any atom is 0.328 e. The molecule has 1 aliphatic carbocycles. The molecule has 0 aliphatic heterocycles. The van der Waals surface area contributed by atoms with E-state index in [0.717, 1.165) is 40.6 Å². The first kappa shape index (κ1) is 28.1. The van der Waals surface area contributed by atoms with Crippen molar-refractivity contribution in [2.75, 3.05) is 20.7 Å². The highest BCUT2D eigenvalue weighted by molar-refractivity contribution is 7.09. The molecule has 1 fully saturated rings. The summed E-state index contributed by atoms with van der Waals surface area (Å²) in [4.78, 5) is 29.5. The Morgan fingerprint density at radius 1 is 1.05 bits per heavy atom. The molecule has 4 rings (SSSR count). The second-order valence-corrected chi connectivity index (χ2v) is 11.6. The molecule has 5 nitrogen and oxygen atoms in total. The summed E-state index contributed by atoms with van der Waals surface area (Å²) in [5.41, 5.74) is 4.75. The number of benzene rings is 2. The fourth-order valence-corrected chi connectivity index (χ4v) is 6.21. The van der Waals surface area contributed by atoms with Gasteiger partial charge in [-0.05, 0) is 78.7 Å². The Morgan fingerprint density at radius 2 is 1.84 bits per heavy atom. The van der Waals surface area contributed by atoms with Gasteiger partial charge in [0, 0.05) is 23.4 Å². The summed E-state index contributed by atoms with van der Waals surface area (Å²) in [5, 5.41) is 4.92. The van der Waals surface area contributed by atoms with Crippen LogP contribution in [0, 0.1) is 12.8 Å². The molecule has 0 spiro atoms. The van der Waals surface area contributed by atoms with Crippen LogP contribution in [-0.2, 0) is 22.5 Å². The zero-order chi connectivity index (χ0) is 26.9. The summed E-state index contributed by atoms with van der Waals surface area (Å²) in [6.45, 7) is 3.97. The molecule has 0 saturated heterocycles. The molecule has 1 saturated carbocycles. The van der Waals surface area contributed by atoms with Gasteiger partial charge in [0.1, 0.15) is 6.04 Å². The van der Waals surface area contributed by atoms with Gasteiger partial charge in [-0.3, -0.25) is 4.79 Å². The van der Waals surface area contributed by atoms with Gasteiger partial charge in [0.05, 0.1) is 7.11 Å². The molecule has 1 aromatic heterocycles. The fraction of sp³-hybridized carbons (Fsp3) is 0.438. The minimum Gasteiger partial charge on any atom is -0.467 e. The average Bonchev–Trinajstić information content (AvgIpc) is 3.45. The average molecular weight is 533 g/mol. The number of methoxy groups -OCH3 is 1. The Hall–Kier alpha value is -2.96. The van der Waals surface area contributed by atoms with E-state index in [4.69, 9.17) is 4.74 Å². The molecule has 1 amide bonds. The molecular weight excluding hydrogens is 492 g/mol. The topological polar surface area (TPSA) is 58.6 Å². The van der Waals surface area contributed by atoms with Crippen molar-refractivity contribution in [3.8, 4) is 11.1 Å². The van der Waals surface area contributed by atoms with Crippen LogP contribution in [0.25, 0.3) is 11.1 Å². The lowest BCUT2D eigenvalue weighted by molar-refractivity contribution is -0.142. The van der Waals surface area contributed by atoms with Crippen molar-refractivity contribution >= 4 is 23.2 Å². The van der Waals surface area contributed by atoms with Crippen LogP contribution in [0.1, 0.15) is 64.9 Å². The number of thiophene rings is 1. The van der Waals surface area contributed by atoms with E-state index < -0.39 is 12.0 Å². The maximum atomic E-state index is 13.6. The molecule has 6 heteroatoms. The first-order valence-electron chi connectivity index (χ1n) is 13.7. The molecule has 1 aliphatic rings. The highest BCUT2D eigenvalue weighted by Gasteiger charge is 2.25. The molecule has 2 aromatic carbocycles. The standard InChI is InChI=1S/C32H40N2O3S/c1-23-10-7-8-14-27(23)29-20-25(22-34(2)18-17-24-11-5-4-6-12-24)15-16-28(29)31(35)33-30(32(36)37-3)21-26-13-9-19-38-26/h7-10,13-16,19-20,24,30H,4-6,11-12,17-18,21-22H2,1-3H3,(H,33,35)/t30-/m0/s1. The highest BCUT2D eigenvalue weighted by Crippen LogP contribution is 2.30. The van der Waals surface area contributed by atoms with E-state index in [-0.39, 0.29) is 5.91 Å². The number of amides is 1. The van der Waals surface area contributed by atoms with Crippen molar-refractivity contribution in [3.63, 3.8) is 0 Å². The van der Waals surface area contributed by atoms with Gasteiger partial charge in [-0.25, -0.2) is 4.79 Å². The van der Waals surface area contributed by atoms with Crippen molar-refractivity contribution in [1.82, 2.24) is 10.2 Å². The molecule has 0 unspecified atom stereocenters. The Balaban J connectivity index is 1.54. The zero-order valence-electron chi connectivity index (χ0n) is 22.9.